The first-order valence-electron chi connectivity index (χ1n) is 6.30. The van der Waals surface area contributed by atoms with E-state index in [0.29, 0.717) is 24.1 Å². The molecule has 0 fully saturated rings. The van der Waals surface area contributed by atoms with E-state index in [0.717, 1.165) is 6.42 Å². The number of aldehydes is 1. The molecule has 5 nitrogen and oxygen atoms in total. The van der Waals surface area contributed by atoms with Gasteiger partial charge in [-0.3, -0.25) is 9.59 Å². The van der Waals surface area contributed by atoms with Gasteiger partial charge in [0.15, 0.2) is 17.6 Å². The molecule has 110 valence electrons. The highest BCUT2D eigenvalue weighted by atomic mass is 35.5. The fraction of sp³-hybridized carbons (Fsp3) is 0.429. The minimum absolute atomic E-state index is 0.224. The number of halogens is 1. The molecule has 20 heavy (non-hydrogen) atoms. The van der Waals surface area contributed by atoms with Crippen LogP contribution in [0.5, 0.6) is 11.5 Å². The lowest BCUT2D eigenvalue weighted by Gasteiger charge is -2.18. The Balaban J connectivity index is 2.91. The monoisotopic (exact) mass is 299 g/mol. The number of nitrogens with one attached hydrogen (secondary N) is 1. The van der Waals surface area contributed by atoms with E-state index in [9.17, 15) is 9.59 Å². The Bertz CT molecular complexity index is 490. The molecule has 0 heterocycles. The maximum absolute atomic E-state index is 11.8. The Morgan fingerprint density at radius 3 is 2.75 bits per heavy atom. The molecule has 1 atom stereocenters. The Morgan fingerprint density at radius 1 is 1.50 bits per heavy atom. The summed E-state index contributed by atoms with van der Waals surface area (Å²) in [6, 6.07) is 2.97. The lowest BCUT2D eigenvalue weighted by molar-refractivity contribution is -0.127. The van der Waals surface area contributed by atoms with Crippen LogP contribution in [0.3, 0.4) is 0 Å². The van der Waals surface area contributed by atoms with Crippen molar-refractivity contribution in [1.82, 2.24) is 5.32 Å². The van der Waals surface area contributed by atoms with Crippen molar-refractivity contribution in [1.29, 1.82) is 0 Å². The van der Waals surface area contributed by atoms with Crippen LogP contribution in [0.25, 0.3) is 0 Å². The van der Waals surface area contributed by atoms with Crippen LogP contribution in [0.4, 0.5) is 0 Å². The summed E-state index contributed by atoms with van der Waals surface area (Å²) >= 11 is 6.05. The highest BCUT2D eigenvalue weighted by Crippen LogP contribution is 2.36. The number of carbonyl (C=O) groups is 2. The molecule has 0 aliphatic carbocycles. The maximum Gasteiger partial charge on any atom is 0.260 e. The molecular weight excluding hydrogens is 282 g/mol. The Morgan fingerprint density at radius 2 is 2.20 bits per heavy atom. The average Bonchev–Trinajstić information content (AvgIpc) is 2.46. The fourth-order valence-corrected chi connectivity index (χ4v) is 1.81. The number of amides is 1. The van der Waals surface area contributed by atoms with Gasteiger partial charge in [0.05, 0.1) is 12.1 Å². The first-order chi connectivity index (χ1) is 9.53. The van der Waals surface area contributed by atoms with Crippen molar-refractivity contribution < 1.29 is 19.1 Å². The molecule has 0 aliphatic heterocycles. The maximum atomic E-state index is 11.8. The molecule has 1 unspecified atom stereocenters. The van der Waals surface area contributed by atoms with Gasteiger partial charge in [-0.05, 0) is 25.5 Å². The van der Waals surface area contributed by atoms with Gasteiger partial charge in [0.2, 0.25) is 0 Å². The second-order valence-electron chi connectivity index (χ2n) is 4.20. The van der Waals surface area contributed by atoms with E-state index in [1.807, 2.05) is 6.92 Å². The predicted molar refractivity (Wildman–Crippen MR) is 76.8 cm³/mol. The molecule has 1 rings (SSSR count). The average molecular weight is 300 g/mol. The van der Waals surface area contributed by atoms with E-state index in [-0.39, 0.29) is 16.7 Å². The molecule has 0 saturated heterocycles. The molecule has 0 spiro atoms. The number of hydrogen-bond donors (Lipinski definition) is 1. The SMILES string of the molecule is CCCNC(=O)C(C)Oc1c(Cl)cc(C=O)cc1OC. The van der Waals surface area contributed by atoms with Gasteiger partial charge in [-0.25, -0.2) is 0 Å². The summed E-state index contributed by atoms with van der Waals surface area (Å²) in [5.41, 5.74) is 0.377. The van der Waals surface area contributed by atoms with Crippen molar-refractivity contribution in [2.45, 2.75) is 26.4 Å². The summed E-state index contributed by atoms with van der Waals surface area (Å²) in [5.74, 6) is 0.332. The molecule has 0 aliphatic rings. The van der Waals surface area contributed by atoms with Gasteiger partial charge in [-0.15, -0.1) is 0 Å². The summed E-state index contributed by atoms with van der Waals surface area (Å²) in [6.07, 6.45) is 0.793. The number of rotatable bonds is 7. The first-order valence-corrected chi connectivity index (χ1v) is 6.68. The molecule has 1 aromatic carbocycles. The summed E-state index contributed by atoms with van der Waals surface area (Å²) in [5, 5.41) is 2.95. The Labute approximate surface area is 123 Å². The molecule has 1 N–H and O–H groups in total. The van der Waals surface area contributed by atoms with E-state index >= 15 is 0 Å². The quantitative estimate of drug-likeness (QED) is 0.786. The third-order valence-electron chi connectivity index (χ3n) is 2.60. The minimum atomic E-state index is -0.713. The number of benzene rings is 1. The van der Waals surface area contributed by atoms with E-state index < -0.39 is 6.10 Å². The molecule has 6 heteroatoms. The largest absolute Gasteiger partial charge is 0.493 e. The second-order valence-corrected chi connectivity index (χ2v) is 4.61. The van der Waals surface area contributed by atoms with Crippen LogP contribution >= 0.6 is 11.6 Å². The van der Waals surface area contributed by atoms with E-state index in [2.05, 4.69) is 5.32 Å². The number of carbonyl (C=O) groups excluding carboxylic acids is 2. The summed E-state index contributed by atoms with van der Waals surface area (Å²) in [4.78, 5) is 22.5. The van der Waals surface area contributed by atoms with E-state index in [1.165, 1.54) is 19.2 Å². The molecule has 1 amide bonds. The standard InChI is InChI=1S/C14H18ClNO4/c1-4-5-16-14(18)9(2)20-13-11(15)6-10(8-17)7-12(13)19-3/h6-9H,4-5H2,1-3H3,(H,16,18). The lowest BCUT2D eigenvalue weighted by atomic mass is 10.2. The molecule has 0 saturated carbocycles. The van der Waals surface area contributed by atoms with E-state index in [4.69, 9.17) is 21.1 Å². The van der Waals surface area contributed by atoms with Gasteiger partial charge >= 0.3 is 0 Å². The Hall–Kier alpha value is -1.75. The van der Waals surface area contributed by atoms with Crippen LogP contribution in [0.1, 0.15) is 30.6 Å². The summed E-state index contributed by atoms with van der Waals surface area (Å²) < 4.78 is 10.7. The molecular formula is C14H18ClNO4. The van der Waals surface area contributed by atoms with Crippen LogP contribution in [-0.2, 0) is 4.79 Å². The van der Waals surface area contributed by atoms with Crippen LogP contribution in [0, 0.1) is 0 Å². The Kier molecular flexibility index (Phi) is 6.31. The van der Waals surface area contributed by atoms with Gasteiger partial charge in [-0.2, -0.15) is 0 Å². The predicted octanol–water partition coefficient (Wildman–Crippen LogP) is 2.45. The van der Waals surface area contributed by atoms with Crippen LogP contribution in [0.15, 0.2) is 12.1 Å². The van der Waals surface area contributed by atoms with Gasteiger partial charge in [0.1, 0.15) is 6.29 Å². The van der Waals surface area contributed by atoms with Crippen molar-refractivity contribution in [3.63, 3.8) is 0 Å². The molecule has 1 aromatic rings. The normalized spacial score (nSPS) is 11.6. The third kappa shape index (κ3) is 4.13. The van der Waals surface area contributed by atoms with Crippen LogP contribution < -0.4 is 14.8 Å². The van der Waals surface area contributed by atoms with Crippen LogP contribution in [-0.4, -0.2) is 32.0 Å². The number of hydrogen-bond acceptors (Lipinski definition) is 4. The zero-order valence-electron chi connectivity index (χ0n) is 11.7. The third-order valence-corrected chi connectivity index (χ3v) is 2.88. The zero-order chi connectivity index (χ0) is 15.1. The highest BCUT2D eigenvalue weighted by molar-refractivity contribution is 6.32. The summed E-state index contributed by atoms with van der Waals surface area (Å²) in [7, 11) is 1.44. The fourth-order valence-electron chi connectivity index (χ4n) is 1.54. The summed E-state index contributed by atoms with van der Waals surface area (Å²) in [6.45, 7) is 4.17. The van der Waals surface area contributed by atoms with Crippen molar-refractivity contribution in [3.8, 4) is 11.5 Å². The van der Waals surface area contributed by atoms with Crippen LogP contribution in [0.2, 0.25) is 5.02 Å². The minimum Gasteiger partial charge on any atom is -0.493 e. The second kappa shape index (κ2) is 7.75. The number of methoxy groups -OCH3 is 1. The van der Waals surface area contributed by atoms with Crippen molar-refractivity contribution in [3.05, 3.63) is 22.7 Å². The topological polar surface area (TPSA) is 64.6 Å². The van der Waals surface area contributed by atoms with Gasteiger partial charge < -0.3 is 14.8 Å². The van der Waals surface area contributed by atoms with Crippen molar-refractivity contribution in [2.24, 2.45) is 0 Å². The van der Waals surface area contributed by atoms with Gasteiger partial charge in [0.25, 0.3) is 5.91 Å². The zero-order valence-corrected chi connectivity index (χ0v) is 12.5. The van der Waals surface area contributed by atoms with Gasteiger partial charge in [-0.1, -0.05) is 18.5 Å². The highest BCUT2D eigenvalue weighted by Gasteiger charge is 2.19. The molecule has 0 aromatic heterocycles. The molecule has 0 radical (unpaired) electrons. The smallest absolute Gasteiger partial charge is 0.260 e. The first kappa shape index (κ1) is 16.3. The molecule has 0 bridgehead atoms. The van der Waals surface area contributed by atoms with E-state index in [1.54, 1.807) is 6.92 Å². The lowest BCUT2D eigenvalue weighted by Crippen LogP contribution is -2.36. The van der Waals surface area contributed by atoms with Crippen molar-refractivity contribution in [2.75, 3.05) is 13.7 Å². The van der Waals surface area contributed by atoms with Crippen molar-refractivity contribution >= 4 is 23.8 Å². The van der Waals surface area contributed by atoms with Gasteiger partial charge in [0, 0.05) is 12.1 Å². The number of ether oxygens (including phenoxy) is 2.